The highest BCUT2D eigenvalue weighted by Crippen LogP contribution is 2.09. The quantitative estimate of drug-likeness (QED) is 0.622. The van der Waals surface area contributed by atoms with E-state index in [0.717, 1.165) is 18.8 Å². The minimum atomic E-state index is -0.728. The zero-order valence-corrected chi connectivity index (χ0v) is 12.0. The number of hydrogen-bond acceptors (Lipinski definition) is 2. The summed E-state index contributed by atoms with van der Waals surface area (Å²) in [6, 6.07) is 0. The highest BCUT2D eigenvalue weighted by Gasteiger charge is 2.04. The third kappa shape index (κ3) is 6.99. The summed E-state index contributed by atoms with van der Waals surface area (Å²) >= 11 is 0. The SMILES string of the molecule is CCCCCCCCn1ccnc1CCCC(=O)O. The standard InChI is InChI=1S/C15H26N2O2/c1-2-3-4-5-6-7-12-17-13-11-16-14(17)9-8-10-15(18)19/h11,13H,2-10,12H2,1H3,(H,18,19). The number of aryl methyl sites for hydroxylation is 2. The van der Waals surface area contributed by atoms with Gasteiger partial charge in [0, 0.05) is 31.8 Å². The van der Waals surface area contributed by atoms with Crippen LogP contribution < -0.4 is 0 Å². The molecule has 0 aliphatic rings. The first kappa shape index (κ1) is 15.7. The maximum absolute atomic E-state index is 10.5. The van der Waals surface area contributed by atoms with Crippen molar-refractivity contribution in [3.63, 3.8) is 0 Å². The Bertz CT molecular complexity index is 361. The van der Waals surface area contributed by atoms with E-state index in [2.05, 4.69) is 16.5 Å². The summed E-state index contributed by atoms with van der Waals surface area (Å²) in [6.07, 6.45) is 13.2. The van der Waals surface area contributed by atoms with Crippen LogP contribution in [0.2, 0.25) is 0 Å². The topological polar surface area (TPSA) is 55.1 Å². The summed E-state index contributed by atoms with van der Waals surface area (Å²) in [6.45, 7) is 3.24. The van der Waals surface area contributed by atoms with Crippen molar-refractivity contribution in [1.82, 2.24) is 9.55 Å². The Labute approximate surface area is 115 Å². The number of carbonyl (C=O) groups is 1. The molecule has 108 valence electrons. The van der Waals surface area contributed by atoms with E-state index in [1.165, 1.54) is 38.5 Å². The fourth-order valence-corrected chi connectivity index (χ4v) is 2.23. The van der Waals surface area contributed by atoms with Gasteiger partial charge in [0.1, 0.15) is 5.82 Å². The van der Waals surface area contributed by atoms with Crippen LogP contribution in [-0.2, 0) is 17.8 Å². The largest absolute Gasteiger partial charge is 0.481 e. The molecule has 0 saturated heterocycles. The molecule has 1 aromatic rings. The third-order valence-electron chi connectivity index (χ3n) is 3.35. The van der Waals surface area contributed by atoms with E-state index < -0.39 is 5.97 Å². The fraction of sp³-hybridized carbons (Fsp3) is 0.733. The van der Waals surface area contributed by atoms with E-state index in [9.17, 15) is 4.79 Å². The van der Waals surface area contributed by atoms with E-state index in [1.54, 1.807) is 0 Å². The summed E-state index contributed by atoms with van der Waals surface area (Å²) < 4.78 is 2.17. The molecule has 0 unspecified atom stereocenters. The van der Waals surface area contributed by atoms with Gasteiger partial charge in [0.25, 0.3) is 0 Å². The van der Waals surface area contributed by atoms with Crippen LogP contribution in [0.25, 0.3) is 0 Å². The van der Waals surface area contributed by atoms with Gasteiger partial charge in [-0.05, 0) is 12.8 Å². The Kier molecular flexibility index (Phi) is 7.94. The minimum absolute atomic E-state index is 0.226. The fourth-order valence-electron chi connectivity index (χ4n) is 2.23. The van der Waals surface area contributed by atoms with E-state index in [0.29, 0.717) is 6.42 Å². The number of hydrogen-bond donors (Lipinski definition) is 1. The van der Waals surface area contributed by atoms with Crippen LogP contribution in [0.15, 0.2) is 12.4 Å². The minimum Gasteiger partial charge on any atom is -0.481 e. The molecule has 0 aliphatic carbocycles. The highest BCUT2D eigenvalue weighted by atomic mass is 16.4. The second-order valence-corrected chi connectivity index (χ2v) is 5.05. The predicted octanol–water partition coefficient (Wildman–Crippen LogP) is 3.65. The van der Waals surface area contributed by atoms with Crippen molar-refractivity contribution >= 4 is 5.97 Å². The molecule has 19 heavy (non-hydrogen) atoms. The molecule has 1 aromatic heterocycles. The van der Waals surface area contributed by atoms with Crippen LogP contribution >= 0.6 is 0 Å². The molecule has 4 heteroatoms. The number of rotatable bonds is 11. The number of aliphatic carboxylic acids is 1. The summed E-state index contributed by atoms with van der Waals surface area (Å²) in [4.78, 5) is 14.8. The molecule has 0 aliphatic heterocycles. The van der Waals surface area contributed by atoms with E-state index in [-0.39, 0.29) is 6.42 Å². The Morgan fingerprint density at radius 2 is 1.95 bits per heavy atom. The van der Waals surface area contributed by atoms with Gasteiger partial charge in [0.05, 0.1) is 0 Å². The van der Waals surface area contributed by atoms with Gasteiger partial charge in [0.2, 0.25) is 0 Å². The zero-order chi connectivity index (χ0) is 13.9. The highest BCUT2D eigenvalue weighted by molar-refractivity contribution is 5.66. The van der Waals surface area contributed by atoms with E-state index in [1.807, 2.05) is 12.4 Å². The maximum atomic E-state index is 10.5. The van der Waals surface area contributed by atoms with Crippen molar-refractivity contribution < 1.29 is 9.90 Å². The van der Waals surface area contributed by atoms with E-state index >= 15 is 0 Å². The van der Waals surface area contributed by atoms with Crippen molar-refractivity contribution in [2.45, 2.75) is 71.3 Å². The lowest BCUT2D eigenvalue weighted by atomic mass is 10.1. The monoisotopic (exact) mass is 266 g/mol. The van der Waals surface area contributed by atoms with Gasteiger partial charge in [-0.1, -0.05) is 39.0 Å². The molecule has 0 saturated carbocycles. The van der Waals surface area contributed by atoms with Crippen LogP contribution in [-0.4, -0.2) is 20.6 Å². The van der Waals surface area contributed by atoms with Gasteiger partial charge >= 0.3 is 5.97 Å². The molecular weight excluding hydrogens is 240 g/mol. The maximum Gasteiger partial charge on any atom is 0.303 e. The average Bonchev–Trinajstić information content (AvgIpc) is 2.81. The molecule has 1 heterocycles. The van der Waals surface area contributed by atoms with Crippen LogP contribution in [0.3, 0.4) is 0 Å². The molecule has 1 rings (SSSR count). The Morgan fingerprint density at radius 3 is 2.68 bits per heavy atom. The van der Waals surface area contributed by atoms with Crippen molar-refractivity contribution in [3.05, 3.63) is 18.2 Å². The number of nitrogens with zero attached hydrogens (tertiary/aromatic N) is 2. The number of aromatic nitrogens is 2. The summed E-state index contributed by atoms with van der Waals surface area (Å²) in [5, 5.41) is 8.63. The molecule has 4 nitrogen and oxygen atoms in total. The van der Waals surface area contributed by atoms with Crippen molar-refractivity contribution in [2.24, 2.45) is 0 Å². The molecule has 0 atom stereocenters. The van der Waals surface area contributed by atoms with Crippen LogP contribution in [0.1, 0.15) is 64.1 Å². The second-order valence-electron chi connectivity index (χ2n) is 5.05. The van der Waals surface area contributed by atoms with Crippen LogP contribution in [0.4, 0.5) is 0 Å². The van der Waals surface area contributed by atoms with Crippen LogP contribution in [0, 0.1) is 0 Å². The Hall–Kier alpha value is -1.32. The summed E-state index contributed by atoms with van der Waals surface area (Å²) in [7, 11) is 0. The molecule has 0 amide bonds. The van der Waals surface area contributed by atoms with Crippen molar-refractivity contribution in [2.75, 3.05) is 0 Å². The van der Waals surface area contributed by atoms with E-state index in [4.69, 9.17) is 5.11 Å². The first-order valence-electron chi connectivity index (χ1n) is 7.46. The Morgan fingerprint density at radius 1 is 1.21 bits per heavy atom. The number of imidazole rings is 1. The molecule has 1 N–H and O–H groups in total. The van der Waals surface area contributed by atoms with Gasteiger partial charge in [-0.15, -0.1) is 0 Å². The van der Waals surface area contributed by atoms with Gasteiger partial charge in [0.15, 0.2) is 0 Å². The summed E-state index contributed by atoms with van der Waals surface area (Å²) in [5.41, 5.74) is 0. The molecule has 0 bridgehead atoms. The number of unbranched alkanes of at least 4 members (excludes halogenated alkanes) is 5. The molecule has 0 radical (unpaired) electrons. The van der Waals surface area contributed by atoms with Crippen molar-refractivity contribution in [1.29, 1.82) is 0 Å². The lowest BCUT2D eigenvalue weighted by Crippen LogP contribution is -2.05. The lowest BCUT2D eigenvalue weighted by molar-refractivity contribution is -0.137. The summed E-state index contributed by atoms with van der Waals surface area (Å²) in [5.74, 6) is 0.295. The second kappa shape index (κ2) is 9.59. The number of carboxylic acid groups (broad SMARTS) is 1. The first-order valence-corrected chi connectivity index (χ1v) is 7.46. The van der Waals surface area contributed by atoms with Gasteiger partial charge in [-0.25, -0.2) is 4.98 Å². The number of carboxylic acids is 1. The molecular formula is C15H26N2O2. The van der Waals surface area contributed by atoms with Gasteiger partial charge < -0.3 is 9.67 Å². The van der Waals surface area contributed by atoms with Gasteiger partial charge in [-0.3, -0.25) is 4.79 Å². The smallest absolute Gasteiger partial charge is 0.303 e. The van der Waals surface area contributed by atoms with Crippen LogP contribution in [0.5, 0.6) is 0 Å². The predicted molar refractivity (Wildman–Crippen MR) is 76.2 cm³/mol. The van der Waals surface area contributed by atoms with Gasteiger partial charge in [-0.2, -0.15) is 0 Å². The Balaban J connectivity index is 2.19. The molecule has 0 aromatic carbocycles. The van der Waals surface area contributed by atoms with Crippen molar-refractivity contribution in [3.8, 4) is 0 Å². The normalized spacial score (nSPS) is 10.8. The zero-order valence-electron chi connectivity index (χ0n) is 12.0. The molecule has 0 spiro atoms. The first-order chi connectivity index (χ1) is 9.24. The average molecular weight is 266 g/mol. The lowest BCUT2D eigenvalue weighted by Gasteiger charge is -2.07. The third-order valence-corrected chi connectivity index (χ3v) is 3.35. The molecule has 0 fully saturated rings.